The van der Waals surface area contributed by atoms with Crippen molar-refractivity contribution in [2.45, 2.75) is 6.92 Å². The molecule has 14 heavy (non-hydrogen) atoms. The Labute approximate surface area is 77.6 Å². The van der Waals surface area contributed by atoms with Gasteiger partial charge in [0.25, 0.3) is 11.5 Å². The first-order chi connectivity index (χ1) is 6.61. The van der Waals surface area contributed by atoms with Crippen LogP contribution in [-0.2, 0) is 0 Å². The summed E-state index contributed by atoms with van der Waals surface area (Å²) in [5.74, 6) is -0.700. The third kappa shape index (κ3) is 0.987. The van der Waals surface area contributed by atoms with Gasteiger partial charge in [0, 0.05) is 0 Å². The number of hydrogen-bond acceptors (Lipinski definition) is 4. The number of fused-ring (bicyclic) bond motifs is 1. The standard InChI is InChI=1S/C7H7N5O2/c1-3-7(14)12-2-9-4(5(8)13)6(12)11-10-3/h2,11H,1H3,(H2,8,13). The van der Waals surface area contributed by atoms with Crippen LogP contribution in [0.4, 0.5) is 0 Å². The minimum Gasteiger partial charge on any atom is -0.364 e. The van der Waals surface area contributed by atoms with Gasteiger partial charge in [-0.3, -0.25) is 14.7 Å². The van der Waals surface area contributed by atoms with Gasteiger partial charge in [-0.05, 0) is 6.92 Å². The highest BCUT2D eigenvalue weighted by Gasteiger charge is 2.12. The third-order valence-electron chi connectivity index (χ3n) is 1.86. The fraction of sp³-hybridized carbons (Fsp3) is 0.143. The van der Waals surface area contributed by atoms with E-state index in [1.165, 1.54) is 10.7 Å². The van der Waals surface area contributed by atoms with Gasteiger partial charge in [-0.25, -0.2) is 9.38 Å². The molecule has 2 aromatic rings. The van der Waals surface area contributed by atoms with Crippen LogP contribution in [0.5, 0.6) is 0 Å². The number of rotatable bonds is 1. The summed E-state index contributed by atoms with van der Waals surface area (Å²) in [6.07, 6.45) is 1.24. The maximum absolute atomic E-state index is 11.5. The monoisotopic (exact) mass is 193 g/mol. The van der Waals surface area contributed by atoms with Crippen molar-refractivity contribution in [3.8, 4) is 0 Å². The number of hydrogen-bond donors (Lipinski definition) is 2. The van der Waals surface area contributed by atoms with Crippen molar-refractivity contribution < 1.29 is 4.79 Å². The Bertz CT molecular complexity index is 567. The number of H-pyrrole nitrogens is 1. The van der Waals surface area contributed by atoms with Gasteiger partial charge >= 0.3 is 0 Å². The van der Waals surface area contributed by atoms with E-state index in [9.17, 15) is 9.59 Å². The van der Waals surface area contributed by atoms with Gasteiger partial charge in [-0.15, -0.1) is 0 Å². The molecule has 0 fully saturated rings. The lowest BCUT2D eigenvalue weighted by Crippen LogP contribution is -2.19. The lowest BCUT2D eigenvalue weighted by atomic mass is 10.4. The molecule has 72 valence electrons. The number of primary amides is 1. The quantitative estimate of drug-likeness (QED) is 0.594. The molecule has 0 atom stereocenters. The van der Waals surface area contributed by atoms with Gasteiger partial charge in [-0.2, -0.15) is 5.10 Å². The lowest BCUT2D eigenvalue weighted by Gasteiger charge is -1.94. The highest BCUT2D eigenvalue weighted by Crippen LogP contribution is 2.01. The van der Waals surface area contributed by atoms with E-state index in [4.69, 9.17) is 5.73 Å². The van der Waals surface area contributed by atoms with Crippen LogP contribution in [0.3, 0.4) is 0 Å². The summed E-state index contributed by atoms with van der Waals surface area (Å²) in [6, 6.07) is 0. The number of aryl methyl sites for hydroxylation is 1. The average molecular weight is 193 g/mol. The summed E-state index contributed by atoms with van der Waals surface area (Å²) in [5, 5.41) is 6.26. The fourth-order valence-corrected chi connectivity index (χ4v) is 1.15. The van der Waals surface area contributed by atoms with Crippen LogP contribution in [-0.4, -0.2) is 25.5 Å². The molecule has 0 radical (unpaired) electrons. The summed E-state index contributed by atoms with van der Waals surface area (Å²) in [5.41, 5.74) is 5.25. The van der Waals surface area contributed by atoms with Crippen LogP contribution in [0.15, 0.2) is 11.1 Å². The van der Waals surface area contributed by atoms with Gasteiger partial charge < -0.3 is 5.73 Å². The molecule has 2 rings (SSSR count). The van der Waals surface area contributed by atoms with E-state index < -0.39 is 5.91 Å². The molecule has 7 heteroatoms. The Hall–Kier alpha value is -2.18. The Morgan fingerprint density at radius 3 is 3.00 bits per heavy atom. The summed E-state index contributed by atoms with van der Waals surface area (Å²) in [4.78, 5) is 26.0. The SMILES string of the molecule is Cc1n[nH]c2c(C(N)=O)ncn2c1=O. The Morgan fingerprint density at radius 1 is 1.64 bits per heavy atom. The van der Waals surface area contributed by atoms with Crippen molar-refractivity contribution in [3.05, 3.63) is 28.1 Å². The summed E-state index contributed by atoms with van der Waals surface area (Å²) >= 11 is 0. The first-order valence-corrected chi connectivity index (χ1v) is 3.83. The normalized spacial score (nSPS) is 10.6. The van der Waals surface area contributed by atoms with Crippen molar-refractivity contribution in [2.75, 3.05) is 0 Å². The van der Waals surface area contributed by atoms with E-state index in [0.29, 0.717) is 5.69 Å². The second-order valence-corrected chi connectivity index (χ2v) is 2.79. The van der Waals surface area contributed by atoms with Crippen LogP contribution in [0, 0.1) is 6.92 Å². The molecule has 3 N–H and O–H groups in total. The van der Waals surface area contributed by atoms with Crippen molar-refractivity contribution in [2.24, 2.45) is 5.73 Å². The molecule has 0 aliphatic carbocycles. The number of imidazole rings is 1. The molecular formula is C7H7N5O2. The van der Waals surface area contributed by atoms with Gasteiger partial charge in [0.15, 0.2) is 11.3 Å². The van der Waals surface area contributed by atoms with Crippen LogP contribution < -0.4 is 11.3 Å². The third-order valence-corrected chi connectivity index (χ3v) is 1.86. The van der Waals surface area contributed by atoms with Gasteiger partial charge in [0.1, 0.15) is 12.0 Å². The van der Waals surface area contributed by atoms with Crippen LogP contribution in [0.2, 0.25) is 0 Å². The number of amides is 1. The predicted octanol–water partition coefficient (Wildman–Crippen LogP) is -1.18. The molecule has 0 aliphatic heterocycles. The molecule has 0 saturated carbocycles. The Morgan fingerprint density at radius 2 is 2.36 bits per heavy atom. The Balaban J connectivity index is 2.91. The number of carbonyl (C=O) groups is 1. The topological polar surface area (TPSA) is 106 Å². The molecule has 0 aromatic carbocycles. The number of carbonyl (C=O) groups excluding carboxylic acids is 1. The Kier molecular flexibility index (Phi) is 1.60. The van der Waals surface area contributed by atoms with Crippen LogP contribution >= 0.6 is 0 Å². The van der Waals surface area contributed by atoms with E-state index in [2.05, 4.69) is 15.2 Å². The zero-order chi connectivity index (χ0) is 10.3. The second-order valence-electron chi connectivity index (χ2n) is 2.79. The molecular weight excluding hydrogens is 186 g/mol. The van der Waals surface area contributed by atoms with E-state index in [-0.39, 0.29) is 16.9 Å². The first kappa shape index (κ1) is 8.42. The largest absolute Gasteiger partial charge is 0.364 e. The van der Waals surface area contributed by atoms with E-state index >= 15 is 0 Å². The minimum atomic E-state index is -0.700. The number of nitrogens with zero attached hydrogens (tertiary/aromatic N) is 3. The fourth-order valence-electron chi connectivity index (χ4n) is 1.15. The van der Waals surface area contributed by atoms with E-state index in [1.807, 2.05) is 0 Å². The lowest BCUT2D eigenvalue weighted by molar-refractivity contribution is 0.0997. The summed E-state index contributed by atoms with van der Waals surface area (Å²) in [6.45, 7) is 1.56. The van der Waals surface area contributed by atoms with Crippen LogP contribution in [0.1, 0.15) is 16.2 Å². The zero-order valence-electron chi connectivity index (χ0n) is 7.31. The van der Waals surface area contributed by atoms with Gasteiger partial charge in [0.2, 0.25) is 0 Å². The van der Waals surface area contributed by atoms with Crippen molar-refractivity contribution in [1.29, 1.82) is 0 Å². The molecule has 1 amide bonds. The summed E-state index contributed by atoms with van der Waals surface area (Å²) < 4.78 is 1.20. The van der Waals surface area contributed by atoms with E-state index in [0.717, 1.165) is 0 Å². The number of aromatic nitrogens is 4. The molecule has 0 spiro atoms. The molecule has 0 bridgehead atoms. The predicted molar refractivity (Wildman–Crippen MR) is 46.9 cm³/mol. The minimum absolute atomic E-state index is 0.00889. The average Bonchev–Trinajstić information content (AvgIpc) is 2.55. The molecule has 0 unspecified atom stereocenters. The second kappa shape index (κ2) is 2.66. The molecule has 2 aromatic heterocycles. The smallest absolute Gasteiger partial charge is 0.280 e. The van der Waals surface area contributed by atoms with Crippen molar-refractivity contribution in [3.63, 3.8) is 0 Å². The summed E-state index contributed by atoms with van der Waals surface area (Å²) in [7, 11) is 0. The maximum atomic E-state index is 11.5. The van der Waals surface area contributed by atoms with E-state index in [1.54, 1.807) is 6.92 Å². The molecule has 0 aliphatic rings. The molecule has 2 heterocycles. The number of nitrogens with one attached hydrogen (secondary N) is 1. The number of aromatic amines is 1. The van der Waals surface area contributed by atoms with Gasteiger partial charge in [-0.1, -0.05) is 0 Å². The molecule has 7 nitrogen and oxygen atoms in total. The first-order valence-electron chi connectivity index (χ1n) is 3.83. The number of nitrogens with two attached hydrogens (primary N) is 1. The highest BCUT2D eigenvalue weighted by molar-refractivity contribution is 5.96. The van der Waals surface area contributed by atoms with Crippen LogP contribution in [0.25, 0.3) is 5.65 Å². The van der Waals surface area contributed by atoms with Gasteiger partial charge in [0.05, 0.1) is 0 Å². The highest BCUT2D eigenvalue weighted by atomic mass is 16.1. The maximum Gasteiger partial charge on any atom is 0.280 e. The van der Waals surface area contributed by atoms with Crippen molar-refractivity contribution >= 4 is 11.6 Å². The molecule has 0 saturated heterocycles. The zero-order valence-corrected chi connectivity index (χ0v) is 7.31. The van der Waals surface area contributed by atoms with Crippen molar-refractivity contribution in [1.82, 2.24) is 19.6 Å².